The van der Waals surface area contributed by atoms with E-state index < -0.39 is 80.1 Å². The van der Waals surface area contributed by atoms with Crippen LogP contribution in [-0.2, 0) is 19.2 Å². The van der Waals surface area contributed by atoms with E-state index in [9.17, 15) is 43.7 Å². The van der Waals surface area contributed by atoms with E-state index in [1.807, 2.05) is 0 Å². The zero-order valence-electron chi connectivity index (χ0n) is 26.2. The zero-order valence-corrected chi connectivity index (χ0v) is 27.7. The molecule has 50 heavy (non-hydrogen) atoms. The van der Waals surface area contributed by atoms with E-state index in [0.29, 0.717) is 5.57 Å². The van der Waals surface area contributed by atoms with Crippen molar-refractivity contribution in [1.82, 2.24) is 0 Å². The molecular formula is C35H27Cl2FN2O10. The van der Waals surface area contributed by atoms with Gasteiger partial charge in [-0.05, 0) is 72.9 Å². The maximum Gasteiger partial charge on any atom is 0.339 e. The highest BCUT2D eigenvalue weighted by molar-refractivity contribution is 6.58. The van der Waals surface area contributed by atoms with E-state index in [2.05, 4.69) is 0 Å². The number of carbonyl (C=O) groups excluding carboxylic acids is 4. The third-order valence-corrected chi connectivity index (χ3v) is 11.6. The zero-order chi connectivity index (χ0) is 36.0. The largest absolute Gasteiger partial charge is 0.507 e. The number of aromatic hydroxyl groups is 2. The molecule has 0 radical (unpaired) electrons. The van der Waals surface area contributed by atoms with E-state index in [-0.39, 0.29) is 47.0 Å². The molecule has 0 bridgehead atoms. The van der Waals surface area contributed by atoms with E-state index in [0.717, 1.165) is 34.1 Å². The number of carboxylic acid groups (broad SMARTS) is 1. The molecule has 0 unspecified atom stereocenters. The number of imide groups is 2. The number of alkyl halides is 2. The number of hydrogen-bond donors (Lipinski definition) is 3. The van der Waals surface area contributed by atoms with Crippen molar-refractivity contribution < 1.29 is 53.2 Å². The Morgan fingerprint density at radius 1 is 0.860 bits per heavy atom. The fourth-order valence-electron chi connectivity index (χ4n) is 7.95. The highest BCUT2D eigenvalue weighted by Crippen LogP contribution is 2.66. The van der Waals surface area contributed by atoms with Gasteiger partial charge in [-0.2, -0.15) is 0 Å². The number of ether oxygens (including phenoxy) is 2. The van der Waals surface area contributed by atoms with Gasteiger partial charge in [0.05, 0.1) is 37.4 Å². The molecule has 3 aromatic rings. The number of carbonyl (C=O) groups is 5. The Labute approximate surface area is 293 Å². The van der Waals surface area contributed by atoms with Crippen molar-refractivity contribution in [3.63, 3.8) is 0 Å². The molecule has 7 rings (SSSR count). The molecule has 2 heterocycles. The van der Waals surface area contributed by atoms with Gasteiger partial charge in [0, 0.05) is 12.0 Å². The molecule has 4 amide bonds. The molecule has 2 saturated heterocycles. The molecule has 0 aromatic heterocycles. The van der Waals surface area contributed by atoms with E-state index in [1.165, 1.54) is 44.6 Å². The van der Waals surface area contributed by atoms with Gasteiger partial charge >= 0.3 is 5.97 Å². The number of allylic oxidation sites excluding steroid dienone is 2. The average Bonchev–Trinajstić information content (AvgIpc) is 3.42. The summed E-state index contributed by atoms with van der Waals surface area (Å²) in [5.41, 5.74) is 0.202. The normalized spacial score (nSPS) is 28.6. The van der Waals surface area contributed by atoms with Crippen LogP contribution in [0.4, 0.5) is 15.8 Å². The van der Waals surface area contributed by atoms with E-state index in [4.69, 9.17) is 32.7 Å². The van der Waals surface area contributed by atoms with Crippen molar-refractivity contribution in [3.8, 4) is 23.0 Å². The van der Waals surface area contributed by atoms with Crippen LogP contribution in [0, 0.1) is 23.6 Å². The van der Waals surface area contributed by atoms with Crippen LogP contribution in [0.1, 0.15) is 34.7 Å². The molecule has 15 heteroatoms. The monoisotopic (exact) mass is 724 g/mol. The van der Waals surface area contributed by atoms with Crippen LogP contribution >= 0.6 is 23.2 Å². The maximum absolute atomic E-state index is 14.5. The van der Waals surface area contributed by atoms with Crippen LogP contribution in [0.3, 0.4) is 0 Å². The predicted octanol–water partition coefficient (Wildman–Crippen LogP) is 4.72. The lowest BCUT2D eigenvalue weighted by Crippen LogP contribution is -2.60. The second-order valence-electron chi connectivity index (χ2n) is 12.5. The number of carboxylic acids is 1. The summed E-state index contributed by atoms with van der Waals surface area (Å²) in [6.07, 6.45) is 1.36. The summed E-state index contributed by atoms with van der Waals surface area (Å²) in [6.45, 7) is 0. The minimum atomic E-state index is -2.24. The van der Waals surface area contributed by atoms with Gasteiger partial charge in [-0.1, -0.05) is 11.6 Å². The van der Waals surface area contributed by atoms with Crippen molar-refractivity contribution in [2.75, 3.05) is 24.0 Å². The SMILES string of the molecule is COc1cc([C@H]2C3=CC[C@@H]4C(=O)N(c5ccc(C(=O)O)c(O)c5)C(=O)[C@@H]4[C@@H]3C[C@@]3(Cl)C(=O)N(c4ccc(F)cc4)C(=O)[C@@]23Cl)cc(OC)c1O. The first kappa shape index (κ1) is 33.4. The molecule has 0 spiro atoms. The number of amides is 4. The van der Waals surface area contributed by atoms with Crippen LogP contribution in [0.5, 0.6) is 23.0 Å². The van der Waals surface area contributed by atoms with Gasteiger partial charge in [0.1, 0.15) is 17.1 Å². The lowest BCUT2D eigenvalue weighted by Gasteiger charge is -2.50. The topological polar surface area (TPSA) is 171 Å². The smallest absolute Gasteiger partial charge is 0.339 e. The summed E-state index contributed by atoms with van der Waals surface area (Å²) in [6, 6.07) is 10.7. The molecule has 2 aliphatic heterocycles. The summed E-state index contributed by atoms with van der Waals surface area (Å²) in [7, 11) is 2.60. The number of phenols is 2. The number of fused-ring (bicyclic) bond motifs is 4. The number of phenolic OH excluding ortho intramolecular Hbond substituents is 1. The van der Waals surface area contributed by atoms with Crippen molar-refractivity contribution in [1.29, 1.82) is 0 Å². The van der Waals surface area contributed by atoms with Gasteiger partial charge in [0.2, 0.25) is 17.6 Å². The van der Waals surface area contributed by atoms with Crippen LogP contribution in [0.25, 0.3) is 0 Å². The maximum atomic E-state index is 14.5. The highest BCUT2D eigenvalue weighted by Gasteiger charge is 2.76. The van der Waals surface area contributed by atoms with Gasteiger partial charge in [-0.3, -0.25) is 19.2 Å². The molecule has 3 aromatic carbocycles. The third-order valence-electron chi connectivity index (χ3n) is 10.2. The van der Waals surface area contributed by atoms with Gasteiger partial charge in [-0.25, -0.2) is 19.0 Å². The van der Waals surface area contributed by atoms with Crippen molar-refractivity contribution >= 4 is 64.2 Å². The molecule has 2 aliphatic carbocycles. The number of nitrogens with zero attached hydrogens (tertiary/aromatic N) is 2. The Hall–Kier alpha value is -5.14. The number of halogens is 3. The molecule has 258 valence electrons. The number of anilines is 2. The summed E-state index contributed by atoms with van der Waals surface area (Å²) >= 11 is 14.8. The Kier molecular flexibility index (Phi) is 7.64. The molecular weight excluding hydrogens is 698 g/mol. The van der Waals surface area contributed by atoms with Crippen LogP contribution in [0.15, 0.2) is 66.2 Å². The first-order valence-electron chi connectivity index (χ1n) is 15.3. The Balaban J connectivity index is 1.41. The minimum Gasteiger partial charge on any atom is -0.507 e. The highest BCUT2D eigenvalue weighted by atomic mass is 35.5. The number of hydrogen-bond acceptors (Lipinski definition) is 9. The number of rotatable bonds is 6. The molecule has 12 nitrogen and oxygen atoms in total. The third kappa shape index (κ3) is 4.39. The van der Waals surface area contributed by atoms with Crippen LogP contribution in [0.2, 0.25) is 0 Å². The first-order valence-corrected chi connectivity index (χ1v) is 16.1. The van der Waals surface area contributed by atoms with Crippen LogP contribution < -0.4 is 19.3 Å². The van der Waals surface area contributed by atoms with Gasteiger partial charge < -0.3 is 24.8 Å². The lowest BCUT2D eigenvalue weighted by molar-refractivity contribution is -0.125. The molecule has 3 N–H and O–H groups in total. The quantitative estimate of drug-likeness (QED) is 0.184. The predicted molar refractivity (Wildman–Crippen MR) is 175 cm³/mol. The van der Waals surface area contributed by atoms with Gasteiger partial charge in [-0.15, -0.1) is 23.2 Å². The lowest BCUT2D eigenvalue weighted by atomic mass is 9.56. The molecule has 6 atom stereocenters. The summed E-state index contributed by atoms with van der Waals surface area (Å²) in [5, 5.41) is 30.4. The van der Waals surface area contributed by atoms with Gasteiger partial charge in [0.25, 0.3) is 11.8 Å². The second kappa shape index (κ2) is 11.5. The number of aromatic carboxylic acids is 1. The Bertz CT molecular complexity index is 2050. The molecule has 4 aliphatic rings. The summed E-state index contributed by atoms with van der Waals surface area (Å²) in [5.74, 6) is -10.5. The second-order valence-corrected chi connectivity index (χ2v) is 13.8. The number of methoxy groups -OCH3 is 2. The van der Waals surface area contributed by atoms with Crippen molar-refractivity contribution in [3.05, 3.63) is 83.2 Å². The first-order chi connectivity index (χ1) is 23.7. The van der Waals surface area contributed by atoms with E-state index in [1.54, 1.807) is 6.08 Å². The fraction of sp³-hybridized carbons (Fsp3) is 0.286. The Morgan fingerprint density at radius 3 is 2.06 bits per heavy atom. The van der Waals surface area contributed by atoms with Gasteiger partial charge in [0.15, 0.2) is 21.2 Å². The summed E-state index contributed by atoms with van der Waals surface area (Å²) in [4.78, 5) is 65.8. The minimum absolute atomic E-state index is 0.00760. The molecule has 3 fully saturated rings. The summed E-state index contributed by atoms with van der Waals surface area (Å²) < 4.78 is 24.7. The fourth-order valence-corrected chi connectivity index (χ4v) is 8.88. The average molecular weight is 726 g/mol. The standard InChI is InChI=1S/C35H27Cl2FN2O10/c1-49-24-11-15(12-25(50-2)28(24)42)27-19-9-10-21-26(30(44)39(29(21)43)18-7-8-20(31(45)46)23(41)13-18)22(19)14-34(36)32(47)40(33(48)35(27,34)37)17-5-3-16(38)4-6-17/h3-9,11-13,21-22,26-27,41-42H,10,14H2,1-2H3,(H,45,46)/t21-,22+,26-,27-,34+,35-/m0/s1. The van der Waals surface area contributed by atoms with Crippen LogP contribution in [-0.4, -0.2) is 68.9 Å². The van der Waals surface area contributed by atoms with E-state index >= 15 is 0 Å². The molecule has 1 saturated carbocycles. The number of benzene rings is 3. The Morgan fingerprint density at radius 2 is 1.48 bits per heavy atom. The van der Waals surface area contributed by atoms with Crippen molar-refractivity contribution in [2.45, 2.75) is 28.5 Å². The van der Waals surface area contributed by atoms with Crippen molar-refractivity contribution in [2.24, 2.45) is 17.8 Å².